The van der Waals surface area contributed by atoms with Crippen LogP contribution in [0.25, 0.3) is 0 Å². The molecule has 1 fully saturated rings. The van der Waals surface area contributed by atoms with E-state index in [0.717, 1.165) is 21.6 Å². The summed E-state index contributed by atoms with van der Waals surface area (Å²) in [7, 11) is -3.50. The van der Waals surface area contributed by atoms with Crippen LogP contribution >= 0.6 is 0 Å². The van der Waals surface area contributed by atoms with Crippen LogP contribution in [-0.2, 0) is 21.4 Å². The van der Waals surface area contributed by atoms with Crippen LogP contribution in [0.1, 0.15) is 23.6 Å². The Morgan fingerprint density at radius 1 is 1.07 bits per heavy atom. The quantitative estimate of drug-likeness (QED) is 0.735. The van der Waals surface area contributed by atoms with Crippen molar-refractivity contribution in [1.82, 2.24) is 9.62 Å². The third kappa shape index (κ3) is 5.04. The zero-order valence-electron chi connectivity index (χ0n) is 17.3. The molecule has 0 spiro atoms. The van der Waals surface area contributed by atoms with E-state index in [-0.39, 0.29) is 11.9 Å². The lowest BCUT2D eigenvalue weighted by molar-refractivity contribution is -0.917. The van der Waals surface area contributed by atoms with Crippen LogP contribution < -0.4 is 10.2 Å². The Labute approximate surface area is 173 Å². The lowest BCUT2D eigenvalue weighted by Crippen LogP contribution is -3.19. The zero-order chi connectivity index (χ0) is 21.0. The van der Waals surface area contributed by atoms with Gasteiger partial charge in [0.2, 0.25) is 10.0 Å². The van der Waals surface area contributed by atoms with E-state index in [9.17, 15) is 13.2 Å². The number of amides is 1. The highest BCUT2D eigenvalue weighted by atomic mass is 32.2. The molecule has 156 valence electrons. The van der Waals surface area contributed by atoms with Crippen LogP contribution in [-0.4, -0.2) is 50.9 Å². The fourth-order valence-corrected chi connectivity index (χ4v) is 5.12. The van der Waals surface area contributed by atoms with Gasteiger partial charge in [-0.2, -0.15) is 4.31 Å². The van der Waals surface area contributed by atoms with Gasteiger partial charge in [-0.05, 0) is 49.6 Å². The molecule has 0 unspecified atom stereocenters. The van der Waals surface area contributed by atoms with Gasteiger partial charge in [0.05, 0.1) is 31.1 Å². The number of hydrogen-bond donors (Lipinski definition) is 2. The third-order valence-corrected chi connectivity index (χ3v) is 7.69. The third-order valence-electron chi connectivity index (χ3n) is 5.80. The molecule has 0 radical (unpaired) electrons. The number of rotatable bonds is 6. The van der Waals surface area contributed by atoms with E-state index in [4.69, 9.17) is 0 Å². The fraction of sp³-hybridized carbons (Fsp3) is 0.409. The largest absolute Gasteiger partial charge is 0.347 e. The second kappa shape index (κ2) is 9.07. The number of piperazine rings is 1. The summed E-state index contributed by atoms with van der Waals surface area (Å²) in [6.07, 6.45) is 0. The minimum atomic E-state index is -3.50. The SMILES string of the molecule is Cc1ccc(S(=O)(=O)N2CC[NH+]([C@@H](C)C(=O)NCc3ccccc3)CC2)cc1C. The second-order valence-corrected chi connectivity index (χ2v) is 9.67. The van der Waals surface area contributed by atoms with Gasteiger partial charge in [-0.15, -0.1) is 0 Å². The molecule has 1 saturated heterocycles. The van der Waals surface area contributed by atoms with Gasteiger partial charge in [0.15, 0.2) is 6.04 Å². The first-order valence-corrected chi connectivity index (χ1v) is 11.5. The Morgan fingerprint density at radius 3 is 2.34 bits per heavy atom. The van der Waals surface area contributed by atoms with E-state index < -0.39 is 10.0 Å². The highest BCUT2D eigenvalue weighted by Gasteiger charge is 2.34. The first-order chi connectivity index (χ1) is 13.8. The molecule has 1 atom stereocenters. The van der Waals surface area contributed by atoms with Crippen LogP contribution in [0.2, 0.25) is 0 Å². The maximum atomic E-state index is 13.0. The summed E-state index contributed by atoms with van der Waals surface area (Å²) in [5, 5.41) is 2.98. The minimum absolute atomic E-state index is 0.00526. The number of aryl methyl sites for hydroxylation is 2. The monoisotopic (exact) mass is 416 g/mol. The summed E-state index contributed by atoms with van der Waals surface area (Å²) in [6, 6.07) is 14.9. The summed E-state index contributed by atoms with van der Waals surface area (Å²) < 4.78 is 27.5. The van der Waals surface area contributed by atoms with Gasteiger partial charge in [-0.1, -0.05) is 36.4 Å². The molecule has 1 amide bonds. The lowest BCUT2D eigenvalue weighted by Gasteiger charge is -2.34. The Balaban J connectivity index is 1.56. The smallest absolute Gasteiger partial charge is 0.278 e. The zero-order valence-corrected chi connectivity index (χ0v) is 18.1. The highest BCUT2D eigenvalue weighted by molar-refractivity contribution is 7.89. The number of hydrogen-bond acceptors (Lipinski definition) is 3. The van der Waals surface area contributed by atoms with Crippen molar-refractivity contribution >= 4 is 15.9 Å². The minimum Gasteiger partial charge on any atom is -0.347 e. The molecule has 1 aliphatic heterocycles. The average molecular weight is 417 g/mol. The maximum Gasteiger partial charge on any atom is 0.278 e. The van der Waals surface area contributed by atoms with Crippen molar-refractivity contribution in [2.24, 2.45) is 0 Å². The number of carbonyl (C=O) groups is 1. The van der Waals surface area contributed by atoms with Crippen LogP contribution in [0.4, 0.5) is 0 Å². The molecular formula is C22H30N3O3S+. The highest BCUT2D eigenvalue weighted by Crippen LogP contribution is 2.19. The lowest BCUT2D eigenvalue weighted by atomic mass is 10.1. The van der Waals surface area contributed by atoms with Gasteiger partial charge < -0.3 is 10.2 Å². The topological polar surface area (TPSA) is 70.9 Å². The number of benzene rings is 2. The van der Waals surface area contributed by atoms with E-state index >= 15 is 0 Å². The summed E-state index contributed by atoms with van der Waals surface area (Å²) in [5.41, 5.74) is 3.11. The van der Waals surface area contributed by atoms with Crippen molar-refractivity contribution in [2.45, 2.75) is 38.3 Å². The van der Waals surface area contributed by atoms with Crippen LogP contribution in [0.15, 0.2) is 53.4 Å². The number of carbonyl (C=O) groups excluding carboxylic acids is 1. The molecular weight excluding hydrogens is 386 g/mol. The summed E-state index contributed by atoms with van der Waals surface area (Å²) in [6.45, 7) is 8.37. The fourth-order valence-electron chi connectivity index (χ4n) is 3.59. The van der Waals surface area contributed by atoms with Crippen molar-refractivity contribution in [1.29, 1.82) is 0 Å². The van der Waals surface area contributed by atoms with Crippen LogP contribution in [0.5, 0.6) is 0 Å². The van der Waals surface area contributed by atoms with Gasteiger partial charge in [-0.25, -0.2) is 8.42 Å². The van der Waals surface area contributed by atoms with Crippen molar-refractivity contribution in [3.8, 4) is 0 Å². The van der Waals surface area contributed by atoms with E-state index in [1.165, 1.54) is 4.31 Å². The summed E-state index contributed by atoms with van der Waals surface area (Å²) in [4.78, 5) is 14.0. The second-order valence-electron chi connectivity index (χ2n) is 7.73. The van der Waals surface area contributed by atoms with Gasteiger partial charge in [0, 0.05) is 6.54 Å². The number of sulfonamides is 1. The number of nitrogens with zero attached hydrogens (tertiary/aromatic N) is 1. The molecule has 29 heavy (non-hydrogen) atoms. The molecule has 3 rings (SSSR count). The van der Waals surface area contributed by atoms with Crippen molar-refractivity contribution < 1.29 is 18.1 Å². The van der Waals surface area contributed by atoms with E-state index in [2.05, 4.69) is 5.32 Å². The molecule has 2 aromatic carbocycles. The van der Waals surface area contributed by atoms with Gasteiger partial charge >= 0.3 is 0 Å². The molecule has 0 aliphatic carbocycles. The van der Waals surface area contributed by atoms with Gasteiger partial charge in [-0.3, -0.25) is 4.79 Å². The van der Waals surface area contributed by atoms with Crippen LogP contribution in [0.3, 0.4) is 0 Å². The van der Waals surface area contributed by atoms with Gasteiger partial charge in [0.25, 0.3) is 5.91 Å². The summed E-state index contributed by atoms with van der Waals surface area (Å²) in [5.74, 6) is -0.00526. The molecule has 2 N–H and O–H groups in total. The van der Waals surface area contributed by atoms with Crippen molar-refractivity contribution in [3.63, 3.8) is 0 Å². The van der Waals surface area contributed by atoms with E-state index in [1.54, 1.807) is 12.1 Å². The molecule has 0 aromatic heterocycles. The predicted molar refractivity (Wildman–Crippen MR) is 113 cm³/mol. The van der Waals surface area contributed by atoms with Crippen molar-refractivity contribution in [3.05, 3.63) is 65.2 Å². The molecule has 6 nitrogen and oxygen atoms in total. The predicted octanol–water partition coefficient (Wildman–Crippen LogP) is 0.898. The maximum absolute atomic E-state index is 13.0. The Kier molecular flexibility index (Phi) is 6.72. The number of quaternary nitrogens is 1. The van der Waals surface area contributed by atoms with E-state index in [1.807, 2.05) is 57.2 Å². The molecule has 7 heteroatoms. The number of nitrogens with one attached hydrogen (secondary N) is 2. The first kappa shape index (κ1) is 21.5. The van der Waals surface area contributed by atoms with E-state index in [0.29, 0.717) is 37.6 Å². The molecule has 1 heterocycles. The Bertz CT molecular complexity index is 953. The van der Waals surface area contributed by atoms with Crippen molar-refractivity contribution in [2.75, 3.05) is 26.2 Å². The molecule has 0 bridgehead atoms. The Morgan fingerprint density at radius 2 is 1.72 bits per heavy atom. The normalized spacial score (nSPS) is 17.1. The molecule has 1 aliphatic rings. The summed E-state index contributed by atoms with van der Waals surface area (Å²) >= 11 is 0. The first-order valence-electron chi connectivity index (χ1n) is 10.0. The average Bonchev–Trinajstić information content (AvgIpc) is 2.74. The molecule has 2 aromatic rings. The molecule has 0 saturated carbocycles. The van der Waals surface area contributed by atoms with Crippen LogP contribution in [0, 0.1) is 13.8 Å². The Hall–Kier alpha value is -2.22. The standard InChI is InChI=1S/C22H29N3O3S/c1-17-9-10-21(15-18(17)2)29(27,28)25-13-11-24(12-14-25)19(3)22(26)23-16-20-7-5-4-6-8-20/h4-10,15,19H,11-14,16H2,1-3H3,(H,23,26)/p+1/t19-/m0/s1. The van der Waals surface area contributed by atoms with Gasteiger partial charge in [0.1, 0.15) is 0 Å².